The van der Waals surface area contributed by atoms with Crippen molar-refractivity contribution in [3.05, 3.63) is 42.2 Å². The number of anilines is 2. The number of carbonyl (C=O) groups excluding carboxylic acids is 1. The molecule has 0 atom stereocenters. The maximum absolute atomic E-state index is 12.0. The van der Waals surface area contributed by atoms with Gasteiger partial charge >= 0.3 is 0 Å². The van der Waals surface area contributed by atoms with E-state index < -0.39 is 0 Å². The van der Waals surface area contributed by atoms with Crippen molar-refractivity contribution < 1.29 is 14.3 Å². The molecule has 0 unspecified atom stereocenters. The van der Waals surface area contributed by atoms with Crippen LogP contribution in [-0.2, 0) is 0 Å². The van der Waals surface area contributed by atoms with E-state index in [0.29, 0.717) is 17.2 Å². The lowest BCUT2D eigenvalue weighted by Gasteiger charge is -2.13. The van der Waals surface area contributed by atoms with Crippen molar-refractivity contribution in [2.45, 2.75) is 19.9 Å². The smallest absolute Gasteiger partial charge is 0.270 e. The Bertz CT molecular complexity index is 687. The molecule has 2 N–H and O–H groups in total. The number of methoxy groups -OCH3 is 2. The summed E-state index contributed by atoms with van der Waals surface area (Å²) >= 11 is 0. The minimum absolute atomic E-state index is 0.0550. The third-order valence-corrected chi connectivity index (χ3v) is 3.10. The average molecular weight is 315 g/mol. The number of hydrogen-bond donors (Lipinski definition) is 2. The summed E-state index contributed by atoms with van der Waals surface area (Å²) in [6.45, 7) is 3.81. The monoisotopic (exact) mass is 315 g/mol. The van der Waals surface area contributed by atoms with Gasteiger partial charge in [0.2, 0.25) is 0 Å². The fourth-order valence-electron chi connectivity index (χ4n) is 2.04. The molecule has 0 radical (unpaired) electrons. The molecule has 0 saturated carbocycles. The van der Waals surface area contributed by atoms with Crippen LogP contribution in [0.25, 0.3) is 0 Å². The number of nitrogens with zero attached hydrogens (tertiary/aromatic N) is 1. The SMILES string of the molecule is COc1ccc(OC)c(Nc2ccnc(C(=O)NC(C)C)c2)c1. The van der Waals surface area contributed by atoms with E-state index in [9.17, 15) is 4.79 Å². The Hall–Kier alpha value is -2.76. The third kappa shape index (κ3) is 4.35. The van der Waals surface area contributed by atoms with Crippen molar-refractivity contribution in [3.8, 4) is 11.5 Å². The van der Waals surface area contributed by atoms with Gasteiger partial charge < -0.3 is 20.1 Å². The first-order chi connectivity index (χ1) is 11.0. The molecule has 1 aromatic heterocycles. The maximum Gasteiger partial charge on any atom is 0.270 e. The molecular weight excluding hydrogens is 294 g/mol. The topological polar surface area (TPSA) is 72.5 Å². The maximum atomic E-state index is 12.0. The first kappa shape index (κ1) is 16.6. The second-order valence-electron chi connectivity index (χ2n) is 5.25. The van der Waals surface area contributed by atoms with E-state index in [4.69, 9.17) is 9.47 Å². The largest absolute Gasteiger partial charge is 0.497 e. The number of nitrogens with one attached hydrogen (secondary N) is 2. The highest BCUT2D eigenvalue weighted by Gasteiger charge is 2.10. The molecule has 1 heterocycles. The Balaban J connectivity index is 2.25. The number of pyridine rings is 1. The van der Waals surface area contributed by atoms with E-state index in [1.165, 1.54) is 0 Å². The summed E-state index contributed by atoms with van der Waals surface area (Å²) < 4.78 is 10.6. The molecule has 122 valence electrons. The van der Waals surface area contributed by atoms with E-state index in [1.54, 1.807) is 32.5 Å². The summed E-state index contributed by atoms with van der Waals surface area (Å²) in [7, 11) is 3.20. The van der Waals surface area contributed by atoms with Crippen LogP contribution in [0.3, 0.4) is 0 Å². The number of carbonyl (C=O) groups is 1. The lowest BCUT2D eigenvalue weighted by atomic mass is 10.2. The summed E-state index contributed by atoms with van der Waals surface area (Å²) in [5.74, 6) is 1.18. The second-order valence-corrected chi connectivity index (χ2v) is 5.25. The molecule has 2 aromatic rings. The number of hydrogen-bond acceptors (Lipinski definition) is 5. The third-order valence-electron chi connectivity index (χ3n) is 3.10. The van der Waals surface area contributed by atoms with Gasteiger partial charge in [-0.1, -0.05) is 0 Å². The molecule has 1 amide bonds. The van der Waals surface area contributed by atoms with Gasteiger partial charge in [-0.3, -0.25) is 9.78 Å². The predicted molar refractivity (Wildman–Crippen MR) is 89.7 cm³/mol. The number of benzene rings is 1. The molecule has 0 aliphatic carbocycles. The van der Waals surface area contributed by atoms with Crippen LogP contribution in [-0.4, -0.2) is 31.2 Å². The van der Waals surface area contributed by atoms with Gasteiger partial charge in [-0.25, -0.2) is 0 Å². The van der Waals surface area contributed by atoms with Crippen LogP contribution in [0.4, 0.5) is 11.4 Å². The molecule has 0 saturated heterocycles. The van der Waals surface area contributed by atoms with Crippen molar-refractivity contribution in [1.82, 2.24) is 10.3 Å². The minimum atomic E-state index is -0.207. The van der Waals surface area contributed by atoms with Crippen molar-refractivity contribution in [3.63, 3.8) is 0 Å². The molecule has 0 aliphatic heterocycles. The number of ether oxygens (including phenoxy) is 2. The van der Waals surface area contributed by atoms with Crippen LogP contribution < -0.4 is 20.1 Å². The number of rotatable bonds is 6. The zero-order valence-electron chi connectivity index (χ0n) is 13.7. The summed E-state index contributed by atoms with van der Waals surface area (Å²) in [6, 6.07) is 8.99. The van der Waals surface area contributed by atoms with Gasteiger partial charge in [-0.2, -0.15) is 0 Å². The van der Waals surface area contributed by atoms with Gasteiger partial charge in [-0.15, -0.1) is 0 Å². The first-order valence-electron chi connectivity index (χ1n) is 7.29. The van der Waals surface area contributed by atoms with Gasteiger partial charge in [-0.05, 0) is 38.1 Å². The zero-order valence-corrected chi connectivity index (χ0v) is 13.7. The highest BCUT2D eigenvalue weighted by atomic mass is 16.5. The highest BCUT2D eigenvalue weighted by molar-refractivity contribution is 5.93. The molecule has 6 nitrogen and oxygen atoms in total. The molecule has 2 rings (SSSR count). The quantitative estimate of drug-likeness (QED) is 0.857. The predicted octanol–water partition coefficient (Wildman–Crippen LogP) is 2.98. The van der Waals surface area contributed by atoms with Crippen LogP contribution in [0.1, 0.15) is 24.3 Å². The molecule has 0 spiro atoms. The number of aromatic nitrogens is 1. The lowest BCUT2D eigenvalue weighted by molar-refractivity contribution is 0.0938. The van der Waals surface area contributed by atoms with Crippen molar-refractivity contribution in [2.24, 2.45) is 0 Å². The van der Waals surface area contributed by atoms with Crippen LogP contribution in [0.5, 0.6) is 11.5 Å². The van der Waals surface area contributed by atoms with Gasteiger partial charge in [0.05, 0.1) is 19.9 Å². The Morgan fingerprint density at radius 3 is 2.57 bits per heavy atom. The van der Waals surface area contributed by atoms with E-state index in [2.05, 4.69) is 15.6 Å². The van der Waals surface area contributed by atoms with Crippen molar-refractivity contribution in [2.75, 3.05) is 19.5 Å². The second kappa shape index (κ2) is 7.49. The molecule has 23 heavy (non-hydrogen) atoms. The minimum Gasteiger partial charge on any atom is -0.497 e. The summed E-state index contributed by atoms with van der Waals surface area (Å²) in [5, 5.41) is 6.04. The fourth-order valence-corrected chi connectivity index (χ4v) is 2.04. The van der Waals surface area contributed by atoms with Gasteiger partial charge in [0.25, 0.3) is 5.91 Å². The molecule has 6 heteroatoms. The Labute approximate surface area is 135 Å². The molecule has 0 bridgehead atoms. The molecule has 1 aromatic carbocycles. The fraction of sp³-hybridized carbons (Fsp3) is 0.294. The highest BCUT2D eigenvalue weighted by Crippen LogP contribution is 2.31. The summed E-state index contributed by atoms with van der Waals surface area (Å²) in [6.07, 6.45) is 1.59. The lowest BCUT2D eigenvalue weighted by Crippen LogP contribution is -2.30. The number of amides is 1. The van der Waals surface area contributed by atoms with Crippen LogP contribution >= 0.6 is 0 Å². The molecular formula is C17H21N3O3. The Morgan fingerprint density at radius 1 is 1.13 bits per heavy atom. The Kier molecular flexibility index (Phi) is 5.41. The Morgan fingerprint density at radius 2 is 1.91 bits per heavy atom. The average Bonchev–Trinajstić information content (AvgIpc) is 2.54. The van der Waals surface area contributed by atoms with Gasteiger partial charge in [0, 0.05) is 24.0 Å². The van der Waals surface area contributed by atoms with Crippen molar-refractivity contribution in [1.29, 1.82) is 0 Å². The molecule has 0 aliphatic rings. The van der Waals surface area contributed by atoms with Crippen LogP contribution in [0.2, 0.25) is 0 Å². The van der Waals surface area contributed by atoms with E-state index in [1.807, 2.05) is 32.0 Å². The van der Waals surface area contributed by atoms with Crippen LogP contribution in [0.15, 0.2) is 36.5 Å². The van der Waals surface area contributed by atoms with Gasteiger partial charge in [0.1, 0.15) is 17.2 Å². The standard InChI is InChI=1S/C17H21N3O3/c1-11(2)19-17(21)15-9-12(7-8-18-15)20-14-10-13(22-3)5-6-16(14)23-4/h5-11H,1-4H3,(H,18,20)(H,19,21). The van der Waals surface area contributed by atoms with Crippen molar-refractivity contribution >= 4 is 17.3 Å². The first-order valence-corrected chi connectivity index (χ1v) is 7.29. The van der Waals surface area contributed by atoms with Gasteiger partial charge in [0.15, 0.2) is 0 Å². The zero-order chi connectivity index (χ0) is 16.8. The van der Waals surface area contributed by atoms with E-state index in [-0.39, 0.29) is 11.9 Å². The molecule has 0 fully saturated rings. The summed E-state index contributed by atoms with van der Waals surface area (Å²) in [4.78, 5) is 16.1. The van der Waals surface area contributed by atoms with E-state index >= 15 is 0 Å². The van der Waals surface area contributed by atoms with E-state index in [0.717, 1.165) is 11.4 Å². The van der Waals surface area contributed by atoms with Crippen LogP contribution in [0, 0.1) is 0 Å². The normalized spacial score (nSPS) is 10.3. The summed E-state index contributed by atoms with van der Waals surface area (Å²) in [5.41, 5.74) is 1.83.